The molecule has 0 aliphatic rings. The van der Waals surface area contributed by atoms with E-state index in [-0.39, 0.29) is 0 Å². The van der Waals surface area contributed by atoms with Crippen molar-refractivity contribution in [3.05, 3.63) is 32.9 Å². The Hall–Kier alpha value is -0.720. The van der Waals surface area contributed by atoms with Gasteiger partial charge in [0.05, 0.1) is 6.20 Å². The van der Waals surface area contributed by atoms with Gasteiger partial charge in [0.2, 0.25) is 0 Å². The first-order chi connectivity index (χ1) is 6.27. The van der Waals surface area contributed by atoms with Gasteiger partial charge in [0.25, 0.3) is 0 Å². The van der Waals surface area contributed by atoms with E-state index in [0.29, 0.717) is 5.01 Å². The van der Waals surface area contributed by atoms with Crippen LogP contribution >= 0.6 is 27.3 Å². The van der Waals surface area contributed by atoms with Crippen molar-refractivity contribution >= 4 is 27.3 Å². The molecule has 0 bridgehead atoms. The number of halogens is 1. The van der Waals surface area contributed by atoms with E-state index in [2.05, 4.69) is 31.1 Å². The van der Waals surface area contributed by atoms with Crippen LogP contribution in [0.4, 0.5) is 0 Å². The Kier molecular flexibility index (Phi) is 2.43. The lowest BCUT2D eigenvalue weighted by Crippen LogP contribution is -1.96. The first-order valence-electron chi connectivity index (χ1n) is 3.55. The molecule has 0 radical (unpaired) electrons. The molecule has 0 fully saturated rings. The highest BCUT2D eigenvalue weighted by Crippen LogP contribution is 2.25. The van der Waals surface area contributed by atoms with Gasteiger partial charge in [-0.2, -0.15) is 5.10 Å². The predicted octanol–water partition coefficient (Wildman–Crippen LogP) is 1.71. The summed E-state index contributed by atoms with van der Waals surface area (Å²) in [6.07, 6.45) is 2.55. The monoisotopic (exact) mass is 259 g/mol. The minimum atomic E-state index is -0.685. The second-order valence-corrected chi connectivity index (χ2v) is 4.14. The van der Waals surface area contributed by atoms with Gasteiger partial charge in [-0.25, -0.2) is 4.98 Å². The van der Waals surface area contributed by atoms with Crippen LogP contribution in [0.2, 0.25) is 0 Å². The highest BCUT2D eigenvalue weighted by atomic mass is 79.9. The number of aliphatic hydroxyl groups is 1. The van der Waals surface area contributed by atoms with Crippen LogP contribution in [0.1, 0.15) is 16.7 Å². The summed E-state index contributed by atoms with van der Waals surface area (Å²) in [4.78, 5) is 4.11. The van der Waals surface area contributed by atoms with Gasteiger partial charge in [-0.15, -0.1) is 11.3 Å². The average Bonchev–Trinajstić information content (AvgIpc) is 2.72. The van der Waals surface area contributed by atoms with Crippen molar-refractivity contribution in [2.45, 2.75) is 6.10 Å². The number of rotatable bonds is 2. The van der Waals surface area contributed by atoms with Crippen LogP contribution < -0.4 is 0 Å². The Morgan fingerprint density at radius 1 is 1.62 bits per heavy atom. The zero-order valence-corrected chi connectivity index (χ0v) is 8.84. The maximum absolute atomic E-state index is 9.76. The lowest BCUT2D eigenvalue weighted by atomic mass is 10.2. The minimum absolute atomic E-state index is 0.660. The smallest absolute Gasteiger partial charge is 0.134 e. The molecular formula is C7H6BrN3OS. The van der Waals surface area contributed by atoms with Gasteiger partial charge in [0.15, 0.2) is 0 Å². The molecule has 0 spiro atoms. The number of aromatic amines is 1. The molecule has 0 aliphatic carbocycles. The van der Waals surface area contributed by atoms with Gasteiger partial charge < -0.3 is 5.11 Å². The summed E-state index contributed by atoms with van der Waals surface area (Å²) in [5, 5.41) is 18.7. The lowest BCUT2D eigenvalue weighted by Gasteiger charge is -2.02. The van der Waals surface area contributed by atoms with E-state index < -0.39 is 6.10 Å². The van der Waals surface area contributed by atoms with Crippen LogP contribution in [0.15, 0.2) is 22.4 Å². The van der Waals surface area contributed by atoms with Crippen molar-refractivity contribution in [2.75, 3.05) is 0 Å². The Morgan fingerprint density at radius 2 is 2.46 bits per heavy atom. The lowest BCUT2D eigenvalue weighted by molar-refractivity contribution is 0.219. The number of nitrogens with one attached hydrogen (secondary N) is 1. The number of thiazole rings is 1. The van der Waals surface area contributed by atoms with Crippen LogP contribution in [0.25, 0.3) is 0 Å². The molecule has 2 heterocycles. The van der Waals surface area contributed by atoms with Crippen LogP contribution in [0.5, 0.6) is 0 Å². The number of nitrogens with zero attached hydrogens (tertiary/aromatic N) is 2. The van der Waals surface area contributed by atoms with Crippen LogP contribution in [0.3, 0.4) is 0 Å². The van der Waals surface area contributed by atoms with E-state index in [1.54, 1.807) is 12.4 Å². The van der Waals surface area contributed by atoms with Gasteiger partial charge in [-0.05, 0) is 15.9 Å². The Morgan fingerprint density at radius 3 is 3.00 bits per heavy atom. The summed E-state index contributed by atoms with van der Waals surface area (Å²) in [5.74, 6) is 0. The molecule has 0 aromatic carbocycles. The van der Waals surface area contributed by atoms with E-state index in [4.69, 9.17) is 0 Å². The summed E-state index contributed by atoms with van der Waals surface area (Å²) in [5.41, 5.74) is 0.724. The molecule has 4 nitrogen and oxygen atoms in total. The molecule has 2 aromatic rings. The molecule has 0 saturated carbocycles. The van der Waals surface area contributed by atoms with Crippen molar-refractivity contribution in [3.8, 4) is 0 Å². The Bertz CT molecular complexity index is 386. The van der Waals surface area contributed by atoms with Crippen LogP contribution in [0, 0.1) is 0 Å². The summed E-state index contributed by atoms with van der Waals surface area (Å²) < 4.78 is 0.745. The first-order valence-corrected chi connectivity index (χ1v) is 5.22. The van der Waals surface area contributed by atoms with Crippen molar-refractivity contribution in [2.24, 2.45) is 0 Å². The minimum Gasteiger partial charge on any atom is -0.381 e. The summed E-state index contributed by atoms with van der Waals surface area (Å²) in [6, 6.07) is 0. The molecule has 0 aliphatic heterocycles. The zero-order chi connectivity index (χ0) is 9.26. The molecule has 2 N–H and O–H groups in total. The Labute approximate surface area is 86.8 Å². The normalized spacial score (nSPS) is 13.1. The number of aliphatic hydroxyl groups excluding tert-OH is 1. The van der Waals surface area contributed by atoms with E-state index in [1.165, 1.54) is 11.3 Å². The Balaban J connectivity index is 2.28. The molecule has 1 atom stereocenters. The van der Waals surface area contributed by atoms with Gasteiger partial charge in [0, 0.05) is 17.1 Å². The number of H-pyrrole nitrogens is 1. The second-order valence-electron chi connectivity index (χ2n) is 2.44. The SMILES string of the molecule is OC(c1cn[nH]c1)c1nc(Br)cs1. The van der Waals surface area contributed by atoms with E-state index in [0.717, 1.165) is 10.2 Å². The molecule has 0 saturated heterocycles. The van der Waals surface area contributed by atoms with Crippen molar-refractivity contribution in [3.63, 3.8) is 0 Å². The molecule has 0 amide bonds. The molecule has 6 heteroatoms. The van der Waals surface area contributed by atoms with E-state index in [1.807, 2.05) is 5.38 Å². The summed E-state index contributed by atoms with van der Waals surface area (Å²) in [6.45, 7) is 0. The van der Waals surface area contributed by atoms with Gasteiger partial charge in [-0.1, -0.05) is 0 Å². The highest BCUT2D eigenvalue weighted by molar-refractivity contribution is 9.10. The van der Waals surface area contributed by atoms with Crippen molar-refractivity contribution in [1.29, 1.82) is 0 Å². The van der Waals surface area contributed by atoms with Gasteiger partial charge in [-0.3, -0.25) is 5.10 Å². The third-order valence-corrected chi connectivity index (χ3v) is 3.17. The standard InChI is InChI=1S/C7H6BrN3OS/c8-5-3-13-7(11-5)6(12)4-1-9-10-2-4/h1-3,6,12H,(H,9,10). The zero-order valence-electron chi connectivity index (χ0n) is 6.44. The number of aromatic nitrogens is 3. The van der Waals surface area contributed by atoms with Crippen LogP contribution in [-0.4, -0.2) is 20.3 Å². The molecule has 68 valence electrons. The third-order valence-electron chi connectivity index (χ3n) is 1.56. The van der Waals surface area contributed by atoms with Gasteiger partial charge >= 0.3 is 0 Å². The van der Waals surface area contributed by atoms with Crippen LogP contribution in [-0.2, 0) is 0 Å². The molecule has 2 aromatic heterocycles. The molecule has 2 rings (SSSR count). The predicted molar refractivity (Wildman–Crippen MR) is 52.5 cm³/mol. The fraction of sp³-hybridized carbons (Fsp3) is 0.143. The maximum atomic E-state index is 9.76. The number of hydrogen-bond acceptors (Lipinski definition) is 4. The molecular weight excluding hydrogens is 254 g/mol. The van der Waals surface area contributed by atoms with Crippen molar-refractivity contribution in [1.82, 2.24) is 15.2 Å². The summed E-state index contributed by atoms with van der Waals surface area (Å²) in [7, 11) is 0. The number of hydrogen-bond donors (Lipinski definition) is 2. The highest BCUT2D eigenvalue weighted by Gasteiger charge is 2.14. The third kappa shape index (κ3) is 1.79. The maximum Gasteiger partial charge on any atom is 0.134 e. The first kappa shape index (κ1) is 8.86. The fourth-order valence-corrected chi connectivity index (χ4v) is 2.22. The average molecular weight is 260 g/mol. The quantitative estimate of drug-likeness (QED) is 0.864. The largest absolute Gasteiger partial charge is 0.381 e. The topological polar surface area (TPSA) is 61.8 Å². The molecule has 13 heavy (non-hydrogen) atoms. The van der Waals surface area contributed by atoms with E-state index in [9.17, 15) is 5.11 Å². The second kappa shape index (κ2) is 3.57. The molecule has 1 unspecified atom stereocenters. The van der Waals surface area contributed by atoms with Crippen molar-refractivity contribution < 1.29 is 5.11 Å². The summed E-state index contributed by atoms with van der Waals surface area (Å²) >= 11 is 4.63. The fourth-order valence-electron chi connectivity index (χ4n) is 0.946. The van der Waals surface area contributed by atoms with Gasteiger partial charge in [0.1, 0.15) is 15.7 Å². The van der Waals surface area contributed by atoms with E-state index >= 15 is 0 Å².